The predicted molar refractivity (Wildman–Crippen MR) is 100 cm³/mol. The molecule has 0 amide bonds. The summed E-state index contributed by atoms with van der Waals surface area (Å²) < 4.78 is 20.3. The van der Waals surface area contributed by atoms with Gasteiger partial charge in [0.1, 0.15) is 5.82 Å². The van der Waals surface area contributed by atoms with Crippen LogP contribution in [0.4, 0.5) is 4.39 Å². The Kier molecular flexibility index (Phi) is 4.72. The molecule has 136 valence electrons. The lowest BCUT2D eigenvalue weighted by molar-refractivity contribution is 0.425. The van der Waals surface area contributed by atoms with E-state index in [1.54, 1.807) is 12.1 Å². The molecule has 0 unspecified atom stereocenters. The maximum atomic E-state index is 13.1. The standard InChI is InChI=1S/C19H16FN5OS/c1-12-3-5-14(6-4-12)18-21-16(24-26-18)11-27-19-23-22-17(25(19)2)13-7-9-15(20)10-8-13/h3-10H,11H2,1-2H3. The van der Waals surface area contributed by atoms with Crippen LogP contribution >= 0.6 is 11.8 Å². The highest BCUT2D eigenvalue weighted by atomic mass is 32.2. The van der Waals surface area contributed by atoms with E-state index in [2.05, 4.69) is 20.3 Å². The second-order valence-corrected chi connectivity index (χ2v) is 6.99. The zero-order valence-corrected chi connectivity index (χ0v) is 15.6. The third-order valence-corrected chi connectivity index (χ3v) is 5.05. The van der Waals surface area contributed by atoms with Crippen molar-refractivity contribution in [1.29, 1.82) is 0 Å². The molecular weight excluding hydrogens is 365 g/mol. The summed E-state index contributed by atoms with van der Waals surface area (Å²) in [5.41, 5.74) is 2.87. The van der Waals surface area contributed by atoms with E-state index >= 15 is 0 Å². The van der Waals surface area contributed by atoms with Gasteiger partial charge in [-0.25, -0.2) is 4.39 Å². The van der Waals surface area contributed by atoms with Crippen molar-refractivity contribution in [2.45, 2.75) is 17.8 Å². The zero-order valence-electron chi connectivity index (χ0n) is 14.8. The molecule has 0 saturated carbocycles. The minimum atomic E-state index is -0.281. The summed E-state index contributed by atoms with van der Waals surface area (Å²) in [6.45, 7) is 2.03. The maximum Gasteiger partial charge on any atom is 0.257 e. The molecule has 27 heavy (non-hydrogen) atoms. The summed E-state index contributed by atoms with van der Waals surface area (Å²) in [7, 11) is 1.87. The summed E-state index contributed by atoms with van der Waals surface area (Å²) in [4.78, 5) is 4.43. The Morgan fingerprint density at radius 2 is 1.70 bits per heavy atom. The number of nitrogens with zero attached hydrogens (tertiary/aromatic N) is 5. The molecule has 6 nitrogen and oxygen atoms in total. The molecule has 4 aromatic rings. The Bertz CT molecular complexity index is 1060. The molecule has 0 aliphatic rings. The van der Waals surface area contributed by atoms with Gasteiger partial charge in [-0.1, -0.05) is 34.6 Å². The zero-order chi connectivity index (χ0) is 18.8. The molecule has 4 rings (SSSR count). The van der Waals surface area contributed by atoms with Crippen molar-refractivity contribution in [3.05, 3.63) is 65.7 Å². The van der Waals surface area contributed by atoms with Gasteiger partial charge >= 0.3 is 0 Å². The van der Waals surface area contributed by atoms with Gasteiger partial charge in [-0.05, 0) is 43.3 Å². The predicted octanol–water partition coefficient (Wildman–Crippen LogP) is 4.27. The fourth-order valence-electron chi connectivity index (χ4n) is 2.55. The summed E-state index contributed by atoms with van der Waals surface area (Å²) in [5, 5.41) is 13.1. The first-order valence-corrected chi connectivity index (χ1v) is 9.26. The van der Waals surface area contributed by atoms with Crippen LogP contribution < -0.4 is 0 Å². The molecule has 0 spiro atoms. The molecule has 0 bridgehead atoms. The number of thioether (sulfide) groups is 1. The SMILES string of the molecule is Cc1ccc(-c2nc(CSc3nnc(-c4ccc(F)cc4)n3C)no2)cc1. The van der Waals surface area contributed by atoms with Crippen molar-refractivity contribution in [3.63, 3.8) is 0 Å². The fourth-order valence-corrected chi connectivity index (χ4v) is 3.30. The molecule has 0 aliphatic carbocycles. The molecule has 2 aromatic heterocycles. The quantitative estimate of drug-likeness (QED) is 0.481. The molecule has 0 radical (unpaired) electrons. The summed E-state index contributed by atoms with van der Waals surface area (Å²) in [6, 6.07) is 14.1. The Balaban J connectivity index is 1.46. The average Bonchev–Trinajstić information content (AvgIpc) is 3.28. The van der Waals surface area contributed by atoms with Crippen molar-refractivity contribution in [2.75, 3.05) is 0 Å². The number of benzene rings is 2. The van der Waals surface area contributed by atoms with Crippen molar-refractivity contribution in [2.24, 2.45) is 7.05 Å². The first-order chi connectivity index (χ1) is 13.1. The van der Waals surface area contributed by atoms with Crippen molar-refractivity contribution < 1.29 is 8.91 Å². The number of hydrogen-bond acceptors (Lipinski definition) is 6. The second kappa shape index (κ2) is 7.32. The molecule has 0 aliphatic heterocycles. The van der Waals surface area contributed by atoms with Crippen LogP contribution in [0.2, 0.25) is 0 Å². The maximum absolute atomic E-state index is 13.1. The lowest BCUT2D eigenvalue weighted by Crippen LogP contribution is -1.95. The number of rotatable bonds is 5. The highest BCUT2D eigenvalue weighted by Crippen LogP contribution is 2.25. The Morgan fingerprint density at radius 1 is 1.00 bits per heavy atom. The van der Waals surface area contributed by atoms with Crippen LogP contribution in [0, 0.1) is 12.7 Å². The third kappa shape index (κ3) is 3.75. The highest BCUT2D eigenvalue weighted by molar-refractivity contribution is 7.98. The molecule has 0 saturated heterocycles. The van der Waals surface area contributed by atoms with Gasteiger partial charge in [0.25, 0.3) is 5.89 Å². The molecule has 0 N–H and O–H groups in total. The van der Waals surface area contributed by atoms with Gasteiger partial charge in [-0.2, -0.15) is 4.98 Å². The van der Waals surface area contributed by atoms with Gasteiger partial charge in [-0.3, -0.25) is 0 Å². The fraction of sp³-hybridized carbons (Fsp3) is 0.158. The van der Waals surface area contributed by atoms with E-state index in [1.807, 2.05) is 42.8 Å². The molecular formula is C19H16FN5OS. The lowest BCUT2D eigenvalue weighted by atomic mass is 10.1. The average molecular weight is 381 g/mol. The number of aromatic nitrogens is 5. The van der Waals surface area contributed by atoms with Crippen molar-refractivity contribution in [3.8, 4) is 22.8 Å². The first-order valence-electron chi connectivity index (χ1n) is 8.28. The normalized spacial score (nSPS) is 11.1. The van der Waals surface area contributed by atoms with Crippen LogP contribution in [0.15, 0.2) is 58.2 Å². The van der Waals surface area contributed by atoms with Crippen molar-refractivity contribution >= 4 is 11.8 Å². The Hall–Kier alpha value is -3.00. The molecule has 0 atom stereocenters. The monoisotopic (exact) mass is 381 g/mol. The topological polar surface area (TPSA) is 69.6 Å². The van der Waals surface area contributed by atoms with E-state index in [9.17, 15) is 4.39 Å². The number of aryl methyl sites for hydroxylation is 1. The molecule has 0 fully saturated rings. The number of hydrogen-bond donors (Lipinski definition) is 0. The van der Waals surface area contributed by atoms with Gasteiger partial charge in [-0.15, -0.1) is 10.2 Å². The van der Waals surface area contributed by atoms with Gasteiger partial charge < -0.3 is 9.09 Å². The summed E-state index contributed by atoms with van der Waals surface area (Å²) >= 11 is 1.46. The molecule has 2 heterocycles. The van der Waals surface area contributed by atoms with Crippen LogP contribution in [0.5, 0.6) is 0 Å². The van der Waals surface area contributed by atoms with E-state index in [1.165, 1.54) is 29.5 Å². The summed E-state index contributed by atoms with van der Waals surface area (Å²) in [6.07, 6.45) is 0. The van der Waals surface area contributed by atoms with Gasteiger partial charge in [0.15, 0.2) is 16.8 Å². The van der Waals surface area contributed by atoms with E-state index in [-0.39, 0.29) is 5.82 Å². The highest BCUT2D eigenvalue weighted by Gasteiger charge is 2.14. The minimum absolute atomic E-state index is 0.281. The van der Waals surface area contributed by atoms with Crippen LogP contribution in [0.25, 0.3) is 22.8 Å². The summed E-state index contributed by atoms with van der Waals surface area (Å²) in [5.74, 6) is 1.98. The van der Waals surface area contributed by atoms with Gasteiger partial charge in [0, 0.05) is 18.2 Å². The van der Waals surface area contributed by atoms with Crippen LogP contribution in [-0.2, 0) is 12.8 Å². The third-order valence-electron chi connectivity index (χ3n) is 4.03. The molecule has 2 aromatic carbocycles. The molecule has 8 heteroatoms. The van der Waals surface area contributed by atoms with Gasteiger partial charge in [0.2, 0.25) is 0 Å². The van der Waals surface area contributed by atoms with Crippen LogP contribution in [0.1, 0.15) is 11.4 Å². The van der Waals surface area contributed by atoms with Crippen LogP contribution in [0.3, 0.4) is 0 Å². The smallest absolute Gasteiger partial charge is 0.257 e. The van der Waals surface area contributed by atoms with E-state index in [0.717, 1.165) is 16.3 Å². The second-order valence-electron chi connectivity index (χ2n) is 6.04. The van der Waals surface area contributed by atoms with E-state index in [0.29, 0.717) is 23.3 Å². The lowest BCUT2D eigenvalue weighted by Gasteiger charge is -2.02. The number of halogens is 1. The minimum Gasteiger partial charge on any atom is -0.334 e. The first kappa shape index (κ1) is 17.4. The van der Waals surface area contributed by atoms with E-state index < -0.39 is 0 Å². The van der Waals surface area contributed by atoms with Crippen molar-refractivity contribution in [1.82, 2.24) is 24.9 Å². The Labute approximate surface area is 159 Å². The van der Waals surface area contributed by atoms with E-state index in [4.69, 9.17) is 4.52 Å². The largest absolute Gasteiger partial charge is 0.334 e. The Morgan fingerprint density at radius 3 is 2.44 bits per heavy atom. The van der Waals surface area contributed by atoms with Gasteiger partial charge in [0.05, 0.1) is 5.75 Å². The van der Waals surface area contributed by atoms with Crippen LogP contribution in [-0.4, -0.2) is 24.9 Å².